The predicted molar refractivity (Wildman–Crippen MR) is 228 cm³/mol. The Balaban J connectivity index is 0.00000514. The molecule has 3 aromatic heterocycles. The van der Waals surface area contributed by atoms with Gasteiger partial charge in [0, 0.05) is 44.3 Å². The van der Waals surface area contributed by atoms with Gasteiger partial charge >= 0.3 is 40.9 Å². The van der Waals surface area contributed by atoms with Gasteiger partial charge in [-0.1, -0.05) is 48.5 Å². The zero-order chi connectivity index (χ0) is 41.7. The third-order valence-corrected chi connectivity index (χ3v) is 10.4. The summed E-state index contributed by atoms with van der Waals surface area (Å²) in [6, 6.07) is 33.6. The molecule has 0 atom stereocenters. The Hall–Kier alpha value is -8.12. The van der Waals surface area contributed by atoms with Gasteiger partial charge in [-0.15, -0.1) is 0 Å². The first-order valence-electron chi connectivity index (χ1n) is 18.5. The first kappa shape index (κ1) is 39.7. The minimum Gasteiger partial charge on any atom is -0.478 e. The van der Waals surface area contributed by atoms with Crippen LogP contribution in [0.2, 0.25) is 0 Å². The number of hydrogen-bond donors (Lipinski definition) is 6. The number of rotatable bonds is 8. The summed E-state index contributed by atoms with van der Waals surface area (Å²) in [5.74, 6) is -4.25. The van der Waals surface area contributed by atoms with E-state index in [4.69, 9.17) is 9.97 Å². The van der Waals surface area contributed by atoms with Crippen molar-refractivity contribution >= 4 is 70.2 Å². The summed E-state index contributed by atoms with van der Waals surface area (Å²) in [4.78, 5) is 64.8. The molecule has 0 unspecified atom stereocenters. The Labute approximate surface area is 356 Å². The van der Waals surface area contributed by atoms with Crippen LogP contribution >= 0.6 is 0 Å². The van der Waals surface area contributed by atoms with Crippen LogP contribution in [0.25, 0.3) is 90.9 Å². The van der Waals surface area contributed by atoms with Crippen molar-refractivity contribution in [2.24, 2.45) is 0 Å². The molecule has 295 valence electrons. The van der Waals surface area contributed by atoms with Gasteiger partial charge in [0.15, 0.2) is 0 Å². The summed E-state index contributed by atoms with van der Waals surface area (Å²) in [7, 11) is 0. The number of fused-ring (bicyclic) bond motifs is 8. The number of hydrogen-bond acceptors (Lipinski definition) is 6. The van der Waals surface area contributed by atoms with E-state index in [1.807, 2.05) is 48.6 Å². The molecule has 0 saturated heterocycles. The molecular formula is C48H30MnN4O8+2. The van der Waals surface area contributed by atoms with Crippen LogP contribution in [0.3, 0.4) is 0 Å². The number of H-pyrrole nitrogens is 2. The molecule has 0 spiro atoms. The number of nitrogens with zero attached hydrogens (tertiary/aromatic N) is 2. The summed E-state index contributed by atoms with van der Waals surface area (Å²) in [6.07, 6.45) is 7.47. The predicted octanol–water partition coefficient (Wildman–Crippen LogP) is 10.1. The normalized spacial score (nSPS) is 11.5. The maximum atomic E-state index is 11.8. The smallest absolute Gasteiger partial charge is 0.478 e. The third-order valence-electron chi connectivity index (χ3n) is 10.4. The van der Waals surface area contributed by atoms with E-state index in [2.05, 4.69) is 9.97 Å². The maximum absolute atomic E-state index is 11.8. The average Bonchev–Trinajstić information content (AvgIpc) is 4.10. The molecule has 2 aliphatic heterocycles. The van der Waals surface area contributed by atoms with Gasteiger partial charge in [0.1, 0.15) is 0 Å². The van der Waals surface area contributed by atoms with E-state index in [9.17, 15) is 39.6 Å². The fourth-order valence-corrected chi connectivity index (χ4v) is 7.54. The van der Waals surface area contributed by atoms with Crippen molar-refractivity contribution in [1.82, 2.24) is 19.9 Å². The topological polar surface area (TPSA) is 207 Å². The number of carboxylic acid groups (broad SMARTS) is 4. The minimum absolute atomic E-state index is 0. The Kier molecular flexibility index (Phi) is 10.4. The largest absolute Gasteiger partial charge is 2.00 e. The molecule has 61 heavy (non-hydrogen) atoms. The summed E-state index contributed by atoms with van der Waals surface area (Å²) in [5.41, 5.74) is 10.7. The van der Waals surface area contributed by atoms with Gasteiger partial charge in [0.05, 0.1) is 45.0 Å². The van der Waals surface area contributed by atoms with Crippen LogP contribution in [0.4, 0.5) is 0 Å². The molecule has 0 fully saturated rings. The number of aromatic carboxylic acids is 4. The maximum Gasteiger partial charge on any atom is 2.00 e. The van der Waals surface area contributed by atoms with Gasteiger partial charge in [-0.2, -0.15) is 0 Å². The molecule has 0 aliphatic carbocycles. The second-order valence-electron chi connectivity index (χ2n) is 14.0. The van der Waals surface area contributed by atoms with Crippen molar-refractivity contribution in [1.29, 1.82) is 0 Å². The molecule has 0 saturated carbocycles. The Morgan fingerprint density at radius 2 is 0.525 bits per heavy atom. The summed E-state index contributed by atoms with van der Waals surface area (Å²) < 4.78 is 0. The zero-order valence-corrected chi connectivity index (χ0v) is 32.7. The molecule has 6 N–H and O–H groups in total. The van der Waals surface area contributed by atoms with E-state index in [0.717, 1.165) is 0 Å². The van der Waals surface area contributed by atoms with Crippen LogP contribution in [0.5, 0.6) is 0 Å². The summed E-state index contributed by atoms with van der Waals surface area (Å²) in [5, 5.41) is 38.7. The molecule has 5 heterocycles. The van der Waals surface area contributed by atoms with Crippen LogP contribution in [0, 0.1) is 0 Å². The Bertz CT molecular complexity index is 2760. The number of carboxylic acids is 4. The van der Waals surface area contributed by atoms with Crippen molar-refractivity contribution in [3.8, 4) is 44.5 Å². The number of carbonyl (C=O) groups is 4. The molecule has 13 heteroatoms. The van der Waals surface area contributed by atoms with E-state index in [1.165, 1.54) is 48.5 Å². The molecule has 4 aromatic carbocycles. The number of benzene rings is 4. The van der Waals surface area contributed by atoms with E-state index in [-0.39, 0.29) is 39.3 Å². The standard InChI is InChI=1S/C48H30N4O8.Mn/c53-45(54)29-9-1-25(2-10-29)41-33-17-19-35(49-33)42(26-3-11-30(12-4-26)46(55)56)37-21-23-39(51-37)44(28-7-15-32(16-8-28)48(59)60)40-24-22-38(52-40)43(36-20-18-34(41)50-36)27-5-13-31(14-6-27)47(57)58;/h1-24,49,52H,(H,53,54)(H,55,56)(H,57,58)(H,59,60);/q;+2. The molecule has 12 nitrogen and oxygen atoms in total. The monoisotopic (exact) mass is 845 g/mol. The molecule has 8 bridgehead atoms. The van der Waals surface area contributed by atoms with E-state index in [0.29, 0.717) is 89.4 Å². The van der Waals surface area contributed by atoms with Gasteiger partial charge in [-0.3, -0.25) is 0 Å². The fraction of sp³-hybridized carbons (Fsp3) is 0. The van der Waals surface area contributed by atoms with Gasteiger partial charge in [0.2, 0.25) is 0 Å². The molecular weight excluding hydrogens is 815 g/mol. The van der Waals surface area contributed by atoms with Crippen LogP contribution < -0.4 is 0 Å². The summed E-state index contributed by atoms with van der Waals surface area (Å²) in [6.45, 7) is 0. The second-order valence-corrected chi connectivity index (χ2v) is 14.0. The first-order valence-corrected chi connectivity index (χ1v) is 18.5. The Morgan fingerprint density at radius 1 is 0.328 bits per heavy atom. The molecule has 7 aromatic rings. The average molecular weight is 846 g/mol. The van der Waals surface area contributed by atoms with Crippen molar-refractivity contribution in [3.05, 3.63) is 166 Å². The van der Waals surface area contributed by atoms with E-state index < -0.39 is 23.9 Å². The molecule has 0 amide bonds. The van der Waals surface area contributed by atoms with Gasteiger partial charge in [-0.05, 0) is 119 Å². The van der Waals surface area contributed by atoms with Crippen LogP contribution in [0.1, 0.15) is 64.2 Å². The van der Waals surface area contributed by atoms with E-state index >= 15 is 0 Å². The van der Waals surface area contributed by atoms with Crippen molar-refractivity contribution < 1.29 is 56.7 Å². The first-order chi connectivity index (χ1) is 29.0. The van der Waals surface area contributed by atoms with E-state index in [1.54, 1.807) is 48.5 Å². The van der Waals surface area contributed by atoms with Crippen molar-refractivity contribution in [3.63, 3.8) is 0 Å². The van der Waals surface area contributed by atoms with Gasteiger partial charge < -0.3 is 30.4 Å². The third kappa shape index (κ3) is 7.42. The van der Waals surface area contributed by atoms with Crippen LogP contribution in [0.15, 0.2) is 121 Å². The van der Waals surface area contributed by atoms with Crippen LogP contribution in [-0.4, -0.2) is 64.2 Å². The fourth-order valence-electron chi connectivity index (χ4n) is 7.54. The molecule has 2 aliphatic rings. The minimum atomic E-state index is -1.06. The number of nitrogens with one attached hydrogen (secondary N) is 2. The number of aromatic nitrogens is 4. The zero-order valence-electron chi connectivity index (χ0n) is 31.6. The number of aromatic amines is 2. The quantitative estimate of drug-likeness (QED) is 0.0798. The van der Waals surface area contributed by atoms with Gasteiger partial charge in [0.25, 0.3) is 0 Å². The Morgan fingerprint density at radius 3 is 0.705 bits per heavy atom. The molecule has 1 radical (unpaired) electrons. The van der Waals surface area contributed by atoms with Crippen molar-refractivity contribution in [2.75, 3.05) is 0 Å². The second kappa shape index (κ2) is 15.9. The SMILES string of the molecule is O=C(O)c1ccc(-c2c3nc(c(-c4ccc(C(=O)O)cc4)c4ccc([nH]4)c(-c4ccc(C(=O)O)cc4)c4nc(c(-c5ccc(C(=O)O)cc5)c5ccc2[nH]5)C=C4)C=C3)cc1.[Mn+2]. The van der Waals surface area contributed by atoms with Crippen LogP contribution in [-0.2, 0) is 17.1 Å². The molecule has 9 rings (SSSR count). The summed E-state index contributed by atoms with van der Waals surface area (Å²) >= 11 is 0. The van der Waals surface area contributed by atoms with Crippen molar-refractivity contribution in [2.45, 2.75) is 0 Å². The van der Waals surface area contributed by atoms with Gasteiger partial charge in [-0.25, -0.2) is 29.1 Å².